The van der Waals surface area contributed by atoms with E-state index in [9.17, 15) is 0 Å². The van der Waals surface area contributed by atoms with Crippen LogP contribution in [0.1, 0.15) is 40.2 Å². The minimum Gasteiger partial charge on any atom is -0.492 e. The van der Waals surface area contributed by atoms with E-state index in [1.165, 1.54) is 5.56 Å². The molecule has 0 aromatic heterocycles. The van der Waals surface area contributed by atoms with Crippen molar-refractivity contribution in [1.29, 1.82) is 0 Å². The second-order valence-corrected chi connectivity index (χ2v) is 6.00. The summed E-state index contributed by atoms with van der Waals surface area (Å²) in [5.41, 5.74) is 7.40. The topological polar surface area (TPSA) is 35.2 Å². The molecule has 0 amide bonds. The van der Waals surface area contributed by atoms with Crippen molar-refractivity contribution in [3.05, 3.63) is 29.8 Å². The van der Waals surface area contributed by atoms with Crippen molar-refractivity contribution in [2.75, 3.05) is 6.61 Å². The summed E-state index contributed by atoms with van der Waals surface area (Å²) in [7, 11) is 0. The Morgan fingerprint density at radius 1 is 1.24 bits per heavy atom. The van der Waals surface area contributed by atoms with Crippen molar-refractivity contribution in [1.82, 2.24) is 0 Å². The smallest absolute Gasteiger partial charge is 0.119 e. The summed E-state index contributed by atoms with van der Waals surface area (Å²) in [6.07, 6.45) is 0. The van der Waals surface area contributed by atoms with Gasteiger partial charge in [-0.25, -0.2) is 0 Å². The van der Waals surface area contributed by atoms with Gasteiger partial charge in [0.05, 0.1) is 0 Å². The maximum Gasteiger partial charge on any atom is 0.119 e. The van der Waals surface area contributed by atoms with Crippen molar-refractivity contribution in [3.8, 4) is 5.75 Å². The first-order valence-corrected chi connectivity index (χ1v) is 6.29. The highest BCUT2D eigenvalue weighted by Crippen LogP contribution is 2.25. The number of nitrogens with two attached hydrogens (primary N) is 1. The molecule has 0 unspecified atom stereocenters. The number of benzene rings is 1. The van der Waals surface area contributed by atoms with Crippen LogP contribution in [0.3, 0.4) is 0 Å². The molecule has 1 atom stereocenters. The highest BCUT2D eigenvalue weighted by molar-refractivity contribution is 5.32. The maximum atomic E-state index is 5.96. The highest BCUT2D eigenvalue weighted by atomic mass is 16.5. The molecule has 0 aliphatic carbocycles. The molecule has 0 radical (unpaired) electrons. The molecular weight excluding hydrogens is 210 g/mol. The molecule has 17 heavy (non-hydrogen) atoms. The van der Waals surface area contributed by atoms with Gasteiger partial charge in [0.15, 0.2) is 0 Å². The van der Waals surface area contributed by atoms with Crippen molar-refractivity contribution >= 4 is 0 Å². The zero-order chi connectivity index (χ0) is 13.1. The summed E-state index contributed by atoms with van der Waals surface area (Å²) in [5.74, 6) is 1.36. The largest absolute Gasteiger partial charge is 0.492 e. The van der Waals surface area contributed by atoms with Gasteiger partial charge in [0, 0.05) is 6.04 Å². The number of ether oxygens (including phenoxy) is 1. The van der Waals surface area contributed by atoms with Crippen molar-refractivity contribution < 1.29 is 4.74 Å². The molecule has 0 aliphatic rings. The normalized spacial score (nSPS) is 13.8. The van der Waals surface area contributed by atoms with E-state index >= 15 is 0 Å². The average molecular weight is 235 g/mol. The lowest BCUT2D eigenvalue weighted by atomic mass is 9.87. The van der Waals surface area contributed by atoms with Crippen LogP contribution < -0.4 is 10.5 Å². The molecule has 1 aromatic carbocycles. The predicted molar refractivity (Wildman–Crippen MR) is 73.5 cm³/mol. The Labute approximate surface area is 105 Å². The molecule has 2 nitrogen and oxygen atoms in total. The maximum absolute atomic E-state index is 5.96. The Bertz CT molecular complexity index is 352. The molecule has 0 heterocycles. The Balaban J connectivity index is 2.67. The van der Waals surface area contributed by atoms with Crippen LogP contribution in [0.15, 0.2) is 24.3 Å². The van der Waals surface area contributed by atoms with Crippen LogP contribution in [-0.4, -0.2) is 12.6 Å². The number of hydrogen-bond acceptors (Lipinski definition) is 2. The Morgan fingerprint density at radius 2 is 1.88 bits per heavy atom. The lowest BCUT2D eigenvalue weighted by Crippen LogP contribution is -2.33. The van der Waals surface area contributed by atoms with Crippen LogP contribution in [-0.2, 0) is 5.41 Å². The van der Waals surface area contributed by atoms with Crippen molar-refractivity contribution in [2.45, 2.75) is 46.1 Å². The Hall–Kier alpha value is -1.02. The summed E-state index contributed by atoms with van der Waals surface area (Å²) >= 11 is 0. The van der Waals surface area contributed by atoms with E-state index < -0.39 is 0 Å². The zero-order valence-corrected chi connectivity index (χ0v) is 11.7. The highest BCUT2D eigenvalue weighted by Gasteiger charge is 2.14. The van der Waals surface area contributed by atoms with Gasteiger partial charge in [-0.05, 0) is 29.0 Å². The molecule has 96 valence electrons. The molecule has 0 saturated heterocycles. The van der Waals surface area contributed by atoms with E-state index in [2.05, 4.69) is 46.8 Å². The lowest BCUT2D eigenvalue weighted by molar-refractivity contribution is 0.259. The first kappa shape index (κ1) is 14.0. The van der Waals surface area contributed by atoms with E-state index in [4.69, 9.17) is 10.5 Å². The van der Waals surface area contributed by atoms with Crippen molar-refractivity contribution in [2.24, 2.45) is 11.7 Å². The van der Waals surface area contributed by atoms with Gasteiger partial charge >= 0.3 is 0 Å². The van der Waals surface area contributed by atoms with Gasteiger partial charge in [-0.2, -0.15) is 0 Å². The summed E-state index contributed by atoms with van der Waals surface area (Å²) in [4.78, 5) is 0. The molecule has 1 aromatic rings. The molecule has 1 rings (SSSR count). The lowest BCUT2D eigenvalue weighted by Gasteiger charge is -2.21. The quantitative estimate of drug-likeness (QED) is 0.868. The molecule has 0 fully saturated rings. The third kappa shape index (κ3) is 4.39. The second kappa shape index (κ2) is 5.54. The van der Waals surface area contributed by atoms with Crippen LogP contribution in [0.2, 0.25) is 0 Å². The van der Waals surface area contributed by atoms with Crippen LogP contribution >= 0.6 is 0 Å². The van der Waals surface area contributed by atoms with Gasteiger partial charge in [-0.1, -0.05) is 46.8 Å². The average Bonchev–Trinajstić information content (AvgIpc) is 2.25. The summed E-state index contributed by atoms with van der Waals surface area (Å²) in [6.45, 7) is 11.4. The fraction of sp³-hybridized carbons (Fsp3) is 0.600. The Kier molecular flexibility index (Phi) is 4.58. The summed E-state index contributed by atoms with van der Waals surface area (Å²) in [5, 5.41) is 0. The standard InChI is InChI=1S/C15H25NO/c1-11(2)14(16)10-17-13-8-6-7-12(9-13)15(3,4)5/h6-9,11,14H,10,16H2,1-5H3/t14-/m0/s1. The van der Waals surface area contributed by atoms with E-state index in [0.29, 0.717) is 12.5 Å². The van der Waals surface area contributed by atoms with Gasteiger partial charge in [0.25, 0.3) is 0 Å². The van der Waals surface area contributed by atoms with Crippen LogP contribution in [0.5, 0.6) is 5.75 Å². The van der Waals surface area contributed by atoms with Gasteiger partial charge in [0.2, 0.25) is 0 Å². The molecular formula is C15H25NO. The van der Waals surface area contributed by atoms with Crippen LogP contribution in [0, 0.1) is 5.92 Å². The SMILES string of the molecule is CC(C)[C@@H](N)COc1cccc(C(C)(C)C)c1. The molecule has 2 heteroatoms. The fourth-order valence-corrected chi connectivity index (χ4v) is 1.44. The number of rotatable bonds is 4. The van der Waals surface area contributed by atoms with E-state index in [1.54, 1.807) is 0 Å². The van der Waals surface area contributed by atoms with Gasteiger partial charge < -0.3 is 10.5 Å². The molecule has 0 saturated carbocycles. The minimum atomic E-state index is 0.0910. The third-order valence-electron chi connectivity index (χ3n) is 3.00. The third-order valence-corrected chi connectivity index (χ3v) is 3.00. The van der Waals surface area contributed by atoms with Gasteiger partial charge in [0.1, 0.15) is 12.4 Å². The first-order chi connectivity index (χ1) is 7.80. The van der Waals surface area contributed by atoms with Gasteiger partial charge in [-0.15, -0.1) is 0 Å². The first-order valence-electron chi connectivity index (χ1n) is 6.29. The fourth-order valence-electron chi connectivity index (χ4n) is 1.44. The van der Waals surface area contributed by atoms with E-state index in [0.717, 1.165) is 5.75 Å². The zero-order valence-electron chi connectivity index (χ0n) is 11.7. The van der Waals surface area contributed by atoms with Crippen molar-refractivity contribution in [3.63, 3.8) is 0 Å². The van der Waals surface area contributed by atoms with Gasteiger partial charge in [-0.3, -0.25) is 0 Å². The number of hydrogen-bond donors (Lipinski definition) is 1. The molecule has 0 bridgehead atoms. The monoisotopic (exact) mass is 235 g/mol. The Morgan fingerprint density at radius 3 is 2.41 bits per heavy atom. The molecule has 2 N–H and O–H groups in total. The second-order valence-electron chi connectivity index (χ2n) is 6.00. The van der Waals surface area contributed by atoms with Crippen LogP contribution in [0.4, 0.5) is 0 Å². The van der Waals surface area contributed by atoms with Crippen LogP contribution in [0.25, 0.3) is 0 Å². The van der Waals surface area contributed by atoms with E-state index in [1.807, 2.05) is 12.1 Å². The minimum absolute atomic E-state index is 0.0910. The predicted octanol–water partition coefficient (Wildman–Crippen LogP) is 3.35. The van der Waals surface area contributed by atoms with E-state index in [-0.39, 0.29) is 11.5 Å². The molecule has 0 spiro atoms. The summed E-state index contributed by atoms with van der Waals surface area (Å²) in [6, 6.07) is 8.36. The molecule has 0 aliphatic heterocycles. The summed E-state index contributed by atoms with van der Waals surface area (Å²) < 4.78 is 5.74.